The summed E-state index contributed by atoms with van der Waals surface area (Å²) in [6.07, 6.45) is 20.0. The largest absolute Gasteiger partial charge is 0.510 e. The van der Waals surface area contributed by atoms with Gasteiger partial charge >= 0.3 is 0 Å². The number of fused-ring (bicyclic) bond motifs is 1. The number of aliphatic hydroxyl groups excluding tert-OH is 1. The van der Waals surface area contributed by atoms with Crippen LogP contribution < -0.4 is 10.6 Å². The van der Waals surface area contributed by atoms with Crippen LogP contribution in [0.4, 0.5) is 0 Å². The van der Waals surface area contributed by atoms with Gasteiger partial charge in [-0.1, -0.05) is 75.0 Å². The van der Waals surface area contributed by atoms with Crippen molar-refractivity contribution in [2.75, 3.05) is 0 Å². The third-order valence-corrected chi connectivity index (χ3v) is 6.12. The highest BCUT2D eigenvalue weighted by Gasteiger charge is 2.59. The van der Waals surface area contributed by atoms with Crippen molar-refractivity contribution < 1.29 is 34.1 Å². The van der Waals surface area contributed by atoms with Gasteiger partial charge in [0.15, 0.2) is 11.9 Å². The van der Waals surface area contributed by atoms with E-state index in [1.165, 1.54) is 42.5 Å². The number of ether oxygens (including phenoxy) is 1. The van der Waals surface area contributed by atoms with Crippen molar-refractivity contribution in [3.63, 3.8) is 0 Å². The van der Waals surface area contributed by atoms with Crippen molar-refractivity contribution in [2.24, 2.45) is 5.92 Å². The van der Waals surface area contributed by atoms with Gasteiger partial charge in [-0.05, 0) is 18.1 Å². The van der Waals surface area contributed by atoms with Crippen LogP contribution in [0.25, 0.3) is 0 Å². The van der Waals surface area contributed by atoms with E-state index < -0.39 is 35.4 Å². The van der Waals surface area contributed by atoms with Gasteiger partial charge in [-0.25, -0.2) is 0 Å². The minimum Gasteiger partial charge on any atom is -0.510 e. The maximum Gasteiger partial charge on any atom is 0.248 e. The summed E-state index contributed by atoms with van der Waals surface area (Å²) in [4.78, 5) is 48.2. The second kappa shape index (κ2) is 12.9. The third-order valence-electron chi connectivity index (χ3n) is 6.12. The van der Waals surface area contributed by atoms with Crippen molar-refractivity contribution in [1.29, 1.82) is 0 Å². The van der Waals surface area contributed by atoms with Gasteiger partial charge in [0, 0.05) is 25.0 Å². The van der Waals surface area contributed by atoms with Crippen molar-refractivity contribution in [3.05, 3.63) is 96.1 Å². The molecule has 1 heterocycles. The van der Waals surface area contributed by atoms with Crippen LogP contribution in [0.15, 0.2) is 96.1 Å². The summed E-state index contributed by atoms with van der Waals surface area (Å²) in [7, 11) is 0. The van der Waals surface area contributed by atoms with Crippen LogP contribution in [-0.2, 0) is 23.9 Å². The molecular weight excluding hydrogens is 488 g/mol. The number of hydrogen-bond donors (Lipinski definition) is 4. The zero-order valence-electron chi connectivity index (χ0n) is 21.3. The van der Waals surface area contributed by atoms with E-state index in [1.807, 2.05) is 6.08 Å². The lowest BCUT2D eigenvalue weighted by atomic mass is 9.88. The lowest BCUT2D eigenvalue weighted by Crippen LogP contribution is -2.42. The maximum absolute atomic E-state index is 12.4. The van der Waals surface area contributed by atoms with Crippen LogP contribution in [0.2, 0.25) is 0 Å². The molecule has 1 fully saturated rings. The molecule has 38 heavy (non-hydrogen) atoms. The zero-order chi connectivity index (χ0) is 27.7. The highest BCUT2D eigenvalue weighted by Crippen LogP contribution is 2.40. The summed E-state index contributed by atoms with van der Waals surface area (Å²) in [5.41, 5.74) is -1.73. The molecule has 0 saturated carbocycles. The van der Waals surface area contributed by atoms with Crippen LogP contribution >= 0.6 is 0 Å². The lowest BCUT2D eigenvalue weighted by molar-refractivity contribution is -0.121. The number of amides is 2. The van der Waals surface area contributed by atoms with Crippen molar-refractivity contribution in [2.45, 2.75) is 50.9 Å². The summed E-state index contributed by atoms with van der Waals surface area (Å²) >= 11 is 0. The Hall–Kier alpha value is -4.08. The molecule has 4 unspecified atom stereocenters. The molecule has 3 aliphatic rings. The molecule has 4 N–H and O–H groups in total. The van der Waals surface area contributed by atoms with Crippen molar-refractivity contribution >= 4 is 23.4 Å². The molecule has 3 rings (SSSR count). The minimum atomic E-state index is -1.61. The zero-order valence-corrected chi connectivity index (χ0v) is 21.3. The van der Waals surface area contributed by atoms with Crippen molar-refractivity contribution in [3.8, 4) is 0 Å². The molecule has 2 aliphatic carbocycles. The molecule has 9 nitrogen and oxygen atoms in total. The summed E-state index contributed by atoms with van der Waals surface area (Å²) in [5.74, 6) is -1.46. The van der Waals surface area contributed by atoms with Gasteiger partial charge in [0.2, 0.25) is 17.6 Å². The first kappa shape index (κ1) is 28.5. The first-order chi connectivity index (χ1) is 18.1. The van der Waals surface area contributed by atoms with Crippen LogP contribution in [0.3, 0.4) is 0 Å². The summed E-state index contributed by atoms with van der Waals surface area (Å²) in [5, 5.41) is 25.4. The van der Waals surface area contributed by atoms with Gasteiger partial charge in [-0.2, -0.15) is 0 Å². The molecular formula is C29H32N2O7. The average molecular weight is 521 g/mol. The first-order valence-corrected chi connectivity index (χ1v) is 12.4. The van der Waals surface area contributed by atoms with Gasteiger partial charge in [0.25, 0.3) is 0 Å². The Morgan fingerprint density at radius 3 is 2.29 bits per heavy atom. The predicted molar refractivity (Wildman–Crippen MR) is 141 cm³/mol. The number of nitrogens with one attached hydrogen (secondary N) is 2. The highest BCUT2D eigenvalue weighted by molar-refractivity contribution is 6.06. The second-order valence-electron chi connectivity index (χ2n) is 9.13. The number of allylic oxidation sites excluding steroid dienone is 11. The Kier molecular flexibility index (Phi) is 9.70. The molecule has 0 spiro atoms. The normalized spacial score (nSPS) is 26.4. The Balaban J connectivity index is 1.54. The van der Waals surface area contributed by atoms with E-state index in [1.54, 1.807) is 24.3 Å². The van der Waals surface area contributed by atoms with Crippen LogP contribution in [0.1, 0.15) is 33.1 Å². The monoisotopic (exact) mass is 520 g/mol. The van der Waals surface area contributed by atoms with Gasteiger partial charge in [-0.3, -0.25) is 19.2 Å². The predicted octanol–water partition coefficient (Wildman–Crippen LogP) is 2.70. The Morgan fingerprint density at radius 1 is 1.03 bits per heavy atom. The SMILES string of the molecule is CCC(C)C=CC=CC=CC(=O)NC1=CC(O)(C=CC=CC=CC(=O)NC2=C(O)CCC2=O)C2OC2C1=O. The van der Waals surface area contributed by atoms with Gasteiger partial charge < -0.3 is 25.6 Å². The van der Waals surface area contributed by atoms with Crippen molar-refractivity contribution in [1.82, 2.24) is 10.6 Å². The summed E-state index contributed by atoms with van der Waals surface area (Å²) in [6, 6.07) is 0. The number of carbonyl (C=O) groups is 4. The van der Waals surface area contributed by atoms with Crippen LogP contribution in [0, 0.1) is 5.92 Å². The second-order valence-corrected chi connectivity index (χ2v) is 9.13. The number of aliphatic hydroxyl groups is 2. The summed E-state index contributed by atoms with van der Waals surface area (Å²) in [6.45, 7) is 4.21. The number of carbonyl (C=O) groups excluding carboxylic acids is 4. The molecule has 4 atom stereocenters. The van der Waals surface area contributed by atoms with E-state index in [4.69, 9.17) is 4.74 Å². The van der Waals surface area contributed by atoms with Gasteiger partial charge in [-0.15, -0.1) is 0 Å². The number of rotatable bonds is 11. The Bertz CT molecular complexity index is 1220. The Morgan fingerprint density at radius 2 is 1.66 bits per heavy atom. The number of hydrogen-bond acceptors (Lipinski definition) is 7. The van der Waals surface area contributed by atoms with E-state index in [0.29, 0.717) is 5.92 Å². The summed E-state index contributed by atoms with van der Waals surface area (Å²) < 4.78 is 5.33. The third kappa shape index (κ3) is 7.71. The number of epoxide rings is 1. The van der Waals surface area contributed by atoms with E-state index in [0.717, 1.165) is 6.42 Å². The lowest BCUT2D eigenvalue weighted by Gasteiger charge is -2.23. The first-order valence-electron chi connectivity index (χ1n) is 12.4. The number of ketones is 2. The topological polar surface area (TPSA) is 145 Å². The van der Waals surface area contributed by atoms with Crippen LogP contribution in [-0.4, -0.2) is 51.4 Å². The fraction of sp³-hybridized carbons (Fsp3) is 0.310. The smallest absolute Gasteiger partial charge is 0.248 e. The molecule has 0 bridgehead atoms. The highest BCUT2D eigenvalue weighted by atomic mass is 16.6. The maximum atomic E-state index is 12.4. The van der Waals surface area contributed by atoms with E-state index in [2.05, 4.69) is 30.6 Å². The molecule has 9 heteroatoms. The standard InChI is InChI=1S/C29H32N2O7/c1-3-19(2)12-8-4-5-9-13-23(34)30-20-18-29(37,28-27(38-28)26(20)36)17-11-7-6-10-14-24(35)31-25-21(32)15-16-22(25)33/h4-14,17-19,27-28,32,37H,3,15-16H2,1-2H3,(H,30,34)(H,31,35). The van der Waals surface area contributed by atoms with E-state index in [9.17, 15) is 29.4 Å². The molecule has 200 valence electrons. The minimum absolute atomic E-state index is 0.0502. The van der Waals surface area contributed by atoms with E-state index >= 15 is 0 Å². The molecule has 1 saturated heterocycles. The molecule has 0 aromatic carbocycles. The molecule has 2 amide bonds. The number of Topliss-reactive ketones (excluding diaryl/α,β-unsaturated/α-hetero) is 2. The Labute approximate surface area is 221 Å². The van der Waals surface area contributed by atoms with Gasteiger partial charge in [0.1, 0.15) is 23.2 Å². The fourth-order valence-corrected chi connectivity index (χ4v) is 3.71. The molecule has 1 aliphatic heterocycles. The average Bonchev–Trinajstić information content (AvgIpc) is 3.65. The molecule has 0 radical (unpaired) electrons. The van der Waals surface area contributed by atoms with Crippen LogP contribution in [0.5, 0.6) is 0 Å². The van der Waals surface area contributed by atoms with Gasteiger partial charge in [0.05, 0.1) is 5.70 Å². The van der Waals surface area contributed by atoms with E-state index in [-0.39, 0.29) is 35.8 Å². The fourth-order valence-electron chi connectivity index (χ4n) is 3.71. The molecule has 0 aromatic heterocycles. The molecule has 0 aromatic rings. The quantitative estimate of drug-likeness (QED) is 0.186.